The minimum absolute atomic E-state index is 0.0541. The highest BCUT2D eigenvalue weighted by Crippen LogP contribution is 2.33. The first-order chi connectivity index (χ1) is 13.3. The zero-order valence-corrected chi connectivity index (χ0v) is 16.8. The number of piperidine rings is 1. The quantitative estimate of drug-likeness (QED) is 0.415. The average Bonchev–Trinajstić information content (AvgIpc) is 2.70. The molecule has 5 nitrogen and oxygen atoms in total. The number of alkyl halides is 2. The Bertz CT molecular complexity index is 672. The smallest absolute Gasteiger partial charge is 0.263 e. The van der Waals surface area contributed by atoms with Gasteiger partial charge < -0.3 is 21.4 Å². The predicted molar refractivity (Wildman–Crippen MR) is 109 cm³/mol. The van der Waals surface area contributed by atoms with Gasteiger partial charge in [0.25, 0.3) is 5.92 Å². The zero-order chi connectivity index (χ0) is 20.7. The van der Waals surface area contributed by atoms with Crippen molar-refractivity contribution >= 4 is 17.8 Å². The lowest BCUT2D eigenvalue weighted by Crippen LogP contribution is -2.45. The summed E-state index contributed by atoms with van der Waals surface area (Å²) in [5.41, 5.74) is 9.22. The summed E-state index contributed by atoms with van der Waals surface area (Å²) in [4.78, 5) is 12.4. The molecule has 2 aliphatic rings. The van der Waals surface area contributed by atoms with Gasteiger partial charge in [0.05, 0.1) is 6.04 Å². The topological polar surface area (TPSA) is 82.2 Å². The van der Waals surface area contributed by atoms with E-state index in [1.165, 1.54) is 0 Å². The number of aryl methyl sites for hydroxylation is 1. The first-order valence-corrected chi connectivity index (χ1v) is 9.98. The first kappa shape index (κ1) is 22.3. The minimum atomic E-state index is -2.47. The SMILES string of the molecule is CN[C@@H]1CCCCC1(F)F.Cc1cccc(C(=N)C2CCN(C=O)CC2)c1N. The van der Waals surface area contributed by atoms with Crippen LogP contribution in [0.4, 0.5) is 14.5 Å². The van der Waals surface area contributed by atoms with E-state index in [4.69, 9.17) is 11.1 Å². The van der Waals surface area contributed by atoms with Crippen molar-refractivity contribution < 1.29 is 13.6 Å². The van der Waals surface area contributed by atoms with Crippen LogP contribution < -0.4 is 11.1 Å². The molecule has 1 aliphatic carbocycles. The number of hydrogen-bond donors (Lipinski definition) is 3. The van der Waals surface area contributed by atoms with Crippen LogP contribution >= 0.6 is 0 Å². The number of hydrogen-bond acceptors (Lipinski definition) is 4. The molecule has 156 valence electrons. The number of anilines is 1. The van der Waals surface area contributed by atoms with Crippen molar-refractivity contribution in [2.45, 2.75) is 57.4 Å². The fourth-order valence-corrected chi connectivity index (χ4v) is 3.88. The van der Waals surface area contributed by atoms with Crippen molar-refractivity contribution in [2.75, 3.05) is 25.9 Å². The van der Waals surface area contributed by atoms with Gasteiger partial charge in [-0.25, -0.2) is 8.78 Å². The maximum absolute atomic E-state index is 12.8. The number of nitrogens with zero attached hydrogens (tertiary/aromatic N) is 1. The van der Waals surface area contributed by atoms with Gasteiger partial charge in [0.1, 0.15) is 0 Å². The third-order valence-corrected chi connectivity index (χ3v) is 5.81. The minimum Gasteiger partial charge on any atom is -0.398 e. The van der Waals surface area contributed by atoms with Crippen LogP contribution in [0.2, 0.25) is 0 Å². The standard InChI is InChI=1S/C14H19N3O.C7H13F2N/c1-10-3-2-4-12(13(10)15)14(16)11-5-7-17(9-18)8-6-11;1-10-6-4-2-3-5-7(6,8)9/h2-4,9,11,16H,5-8,15H2,1H3;6,10H,2-5H2,1H3/t;6-/m.1/s1. The number of para-hydroxylation sites is 1. The molecule has 1 saturated heterocycles. The third-order valence-electron chi connectivity index (χ3n) is 5.81. The number of nitrogens with two attached hydrogens (primary N) is 1. The van der Waals surface area contributed by atoms with Crippen molar-refractivity contribution in [1.29, 1.82) is 5.41 Å². The molecule has 1 heterocycles. The number of nitrogen functional groups attached to an aromatic ring is 1. The van der Waals surface area contributed by atoms with E-state index in [-0.39, 0.29) is 12.3 Å². The molecule has 1 amide bonds. The highest BCUT2D eigenvalue weighted by atomic mass is 19.3. The van der Waals surface area contributed by atoms with E-state index in [1.54, 1.807) is 11.9 Å². The van der Waals surface area contributed by atoms with Crippen molar-refractivity contribution in [3.05, 3.63) is 29.3 Å². The maximum atomic E-state index is 12.8. The normalized spacial score (nSPS) is 22.1. The second-order valence-electron chi connectivity index (χ2n) is 7.71. The molecule has 0 unspecified atom stereocenters. The summed E-state index contributed by atoms with van der Waals surface area (Å²) >= 11 is 0. The van der Waals surface area contributed by atoms with E-state index in [9.17, 15) is 13.6 Å². The van der Waals surface area contributed by atoms with Crippen LogP contribution in [-0.4, -0.2) is 49.1 Å². The second-order valence-corrected chi connectivity index (χ2v) is 7.71. The summed E-state index contributed by atoms with van der Waals surface area (Å²) in [5.74, 6) is -2.25. The van der Waals surface area contributed by atoms with Crippen molar-refractivity contribution in [1.82, 2.24) is 10.2 Å². The molecule has 0 aromatic heterocycles. The highest BCUT2D eigenvalue weighted by Gasteiger charge is 2.40. The van der Waals surface area contributed by atoms with Crippen LogP contribution in [0.5, 0.6) is 0 Å². The fraction of sp³-hybridized carbons (Fsp3) is 0.619. The Balaban J connectivity index is 0.000000237. The van der Waals surface area contributed by atoms with Crippen molar-refractivity contribution in [3.63, 3.8) is 0 Å². The summed E-state index contributed by atoms with van der Waals surface area (Å²) < 4.78 is 25.6. The Labute approximate surface area is 166 Å². The fourth-order valence-electron chi connectivity index (χ4n) is 3.88. The molecular formula is C21H32F2N4O. The molecule has 0 spiro atoms. The Hall–Kier alpha value is -2.02. The molecule has 1 aliphatic heterocycles. The van der Waals surface area contributed by atoms with Gasteiger partial charge in [0.2, 0.25) is 6.41 Å². The molecule has 3 rings (SSSR count). The largest absolute Gasteiger partial charge is 0.398 e. The van der Waals surface area contributed by atoms with Gasteiger partial charge in [-0.2, -0.15) is 0 Å². The van der Waals surface area contributed by atoms with Crippen LogP contribution in [-0.2, 0) is 4.79 Å². The van der Waals surface area contributed by atoms with Crippen molar-refractivity contribution in [3.8, 4) is 0 Å². The second kappa shape index (κ2) is 9.96. The van der Waals surface area contributed by atoms with Crippen molar-refractivity contribution in [2.24, 2.45) is 5.92 Å². The summed E-state index contributed by atoms with van der Waals surface area (Å²) in [6, 6.07) is 5.23. The maximum Gasteiger partial charge on any atom is 0.263 e. The monoisotopic (exact) mass is 394 g/mol. The van der Waals surface area contributed by atoms with E-state index in [0.29, 0.717) is 24.2 Å². The Morgan fingerprint density at radius 1 is 1.29 bits per heavy atom. The lowest BCUT2D eigenvalue weighted by Gasteiger charge is -2.30. The van der Waals surface area contributed by atoms with Gasteiger partial charge in [-0.05, 0) is 45.2 Å². The van der Waals surface area contributed by atoms with Gasteiger partial charge in [-0.15, -0.1) is 0 Å². The third kappa shape index (κ3) is 5.50. The molecule has 1 saturated carbocycles. The Morgan fingerprint density at radius 3 is 2.50 bits per heavy atom. The number of carbonyl (C=O) groups is 1. The number of carbonyl (C=O) groups excluding carboxylic acids is 1. The van der Waals surface area contributed by atoms with Gasteiger partial charge in [0.15, 0.2) is 0 Å². The summed E-state index contributed by atoms with van der Waals surface area (Å²) in [6.45, 7) is 3.44. The molecule has 1 aromatic carbocycles. The zero-order valence-electron chi connectivity index (χ0n) is 16.8. The number of nitrogens with one attached hydrogen (secondary N) is 2. The first-order valence-electron chi connectivity index (χ1n) is 9.98. The molecule has 4 N–H and O–H groups in total. The lowest BCUT2D eigenvalue weighted by molar-refractivity contribution is -0.119. The number of amides is 1. The molecule has 1 atom stereocenters. The van der Waals surface area contributed by atoms with Crippen LogP contribution in [0.1, 0.15) is 49.7 Å². The van der Waals surface area contributed by atoms with E-state index in [2.05, 4.69) is 5.32 Å². The number of likely N-dealkylation sites (tertiary alicyclic amines) is 1. The van der Waals surface area contributed by atoms with E-state index in [1.807, 2.05) is 25.1 Å². The summed E-state index contributed by atoms with van der Waals surface area (Å²) in [5, 5.41) is 10.9. The molecule has 0 bridgehead atoms. The summed E-state index contributed by atoms with van der Waals surface area (Å²) in [6.07, 6.45) is 4.87. The van der Waals surface area contributed by atoms with Gasteiger partial charge in [0, 0.05) is 42.4 Å². The molecular weight excluding hydrogens is 362 g/mol. The molecule has 7 heteroatoms. The average molecular weight is 395 g/mol. The van der Waals surface area contributed by atoms with Crippen LogP contribution in [0.25, 0.3) is 0 Å². The van der Waals surface area contributed by atoms with E-state index >= 15 is 0 Å². The van der Waals surface area contributed by atoms with E-state index in [0.717, 1.165) is 49.9 Å². The van der Waals surface area contributed by atoms with Gasteiger partial charge in [-0.1, -0.05) is 24.6 Å². The van der Waals surface area contributed by atoms with Gasteiger partial charge in [-0.3, -0.25) is 4.79 Å². The highest BCUT2D eigenvalue weighted by molar-refractivity contribution is 6.04. The molecule has 28 heavy (non-hydrogen) atoms. The van der Waals surface area contributed by atoms with Crippen LogP contribution in [0.3, 0.4) is 0 Å². The van der Waals surface area contributed by atoms with Crippen LogP contribution in [0, 0.1) is 18.3 Å². The van der Waals surface area contributed by atoms with E-state index < -0.39 is 12.0 Å². The molecule has 1 aromatic rings. The number of halogens is 2. The summed E-state index contributed by atoms with van der Waals surface area (Å²) in [7, 11) is 1.60. The Morgan fingerprint density at radius 2 is 1.96 bits per heavy atom. The van der Waals surface area contributed by atoms with Crippen LogP contribution in [0.15, 0.2) is 18.2 Å². The number of benzene rings is 1. The number of rotatable bonds is 4. The molecule has 2 fully saturated rings. The lowest BCUT2D eigenvalue weighted by atomic mass is 9.87. The van der Waals surface area contributed by atoms with Gasteiger partial charge >= 0.3 is 0 Å². The molecule has 0 radical (unpaired) electrons. The Kier molecular flexibility index (Phi) is 7.92. The predicted octanol–water partition coefficient (Wildman–Crippen LogP) is 3.60.